The van der Waals surface area contributed by atoms with Crippen LogP contribution in [0.1, 0.15) is 38.5 Å². The van der Waals surface area contributed by atoms with E-state index in [1.165, 1.54) is 4.68 Å². The van der Waals surface area contributed by atoms with Gasteiger partial charge < -0.3 is 19.9 Å². The zero-order valence-corrected chi connectivity index (χ0v) is 21.0. The summed E-state index contributed by atoms with van der Waals surface area (Å²) in [5.74, 6) is 1.05. The summed E-state index contributed by atoms with van der Waals surface area (Å²) in [6.07, 6.45) is 7.83. The molecule has 9 heteroatoms. The number of aromatic nitrogens is 2. The topological polar surface area (TPSA) is 79.7 Å². The van der Waals surface area contributed by atoms with E-state index in [-0.39, 0.29) is 10.6 Å². The quantitative estimate of drug-likeness (QED) is 0.627. The summed E-state index contributed by atoms with van der Waals surface area (Å²) in [4.78, 5) is 29.5. The molecule has 0 bridgehead atoms. The van der Waals surface area contributed by atoms with Crippen LogP contribution in [0.25, 0.3) is 5.69 Å². The van der Waals surface area contributed by atoms with Crippen molar-refractivity contribution in [1.29, 1.82) is 0 Å². The van der Waals surface area contributed by atoms with Crippen molar-refractivity contribution >= 4 is 28.9 Å². The standard InChI is InChI=1S/C26H34ClN5O3/c1-30(21-10-12-31(13-11-21)25(33)19-4-5-19)20-6-8-22(9-7-20)32-26(34)24(27)23(16-29-32)28-15-18-3-2-14-35-17-18/h6-9,16,18-19,21,28H,2-5,10-15,17H2,1H3/t18-/m1/s1. The van der Waals surface area contributed by atoms with Crippen LogP contribution in [0.3, 0.4) is 0 Å². The first-order valence-corrected chi connectivity index (χ1v) is 13.1. The van der Waals surface area contributed by atoms with Gasteiger partial charge in [0.1, 0.15) is 5.02 Å². The predicted molar refractivity (Wildman–Crippen MR) is 138 cm³/mol. The first-order valence-electron chi connectivity index (χ1n) is 12.7. The molecular formula is C26H34ClN5O3. The number of nitrogens with zero attached hydrogens (tertiary/aromatic N) is 4. The molecule has 1 amide bonds. The van der Waals surface area contributed by atoms with Gasteiger partial charge in [0.25, 0.3) is 5.56 Å². The summed E-state index contributed by atoms with van der Waals surface area (Å²) in [7, 11) is 2.09. The van der Waals surface area contributed by atoms with Crippen LogP contribution in [-0.2, 0) is 9.53 Å². The third-order valence-corrected chi connectivity index (χ3v) is 7.87. The SMILES string of the molecule is CN(c1ccc(-n2ncc(NC[C@H]3CCCOC3)c(Cl)c2=O)cc1)C1CCN(C(=O)C2CC2)CC1. The van der Waals surface area contributed by atoms with E-state index >= 15 is 0 Å². The van der Waals surface area contributed by atoms with Crippen LogP contribution in [-0.4, -0.2) is 66.5 Å². The van der Waals surface area contributed by atoms with Crippen LogP contribution in [0.2, 0.25) is 5.02 Å². The van der Waals surface area contributed by atoms with Gasteiger partial charge in [-0.1, -0.05) is 11.6 Å². The van der Waals surface area contributed by atoms with Crippen molar-refractivity contribution in [3.8, 4) is 5.69 Å². The molecule has 3 aliphatic rings. The van der Waals surface area contributed by atoms with Gasteiger partial charge in [-0.05, 0) is 68.7 Å². The zero-order chi connectivity index (χ0) is 24.4. The van der Waals surface area contributed by atoms with E-state index in [1.54, 1.807) is 6.20 Å². The molecule has 3 fully saturated rings. The molecule has 1 aromatic heterocycles. The molecule has 35 heavy (non-hydrogen) atoms. The second kappa shape index (κ2) is 10.6. The van der Waals surface area contributed by atoms with Gasteiger partial charge in [-0.2, -0.15) is 9.78 Å². The Morgan fingerprint density at radius 1 is 1.17 bits per heavy atom. The molecule has 2 aromatic rings. The zero-order valence-electron chi connectivity index (χ0n) is 20.3. The van der Waals surface area contributed by atoms with Crippen molar-refractivity contribution < 1.29 is 9.53 Å². The monoisotopic (exact) mass is 499 g/mol. The van der Waals surface area contributed by atoms with Gasteiger partial charge in [0.15, 0.2) is 0 Å². The Bertz CT molecular complexity index is 1090. The van der Waals surface area contributed by atoms with Crippen LogP contribution in [0.5, 0.6) is 0 Å². The van der Waals surface area contributed by atoms with Gasteiger partial charge in [0.05, 0.1) is 24.2 Å². The fourth-order valence-corrected chi connectivity index (χ4v) is 5.26. The molecule has 1 atom stereocenters. The minimum Gasteiger partial charge on any atom is -0.382 e. The highest BCUT2D eigenvalue weighted by Gasteiger charge is 2.35. The number of nitrogens with one attached hydrogen (secondary N) is 1. The normalized spacial score (nSPS) is 21.1. The molecule has 3 heterocycles. The Labute approximate surface area is 211 Å². The average Bonchev–Trinajstić information content (AvgIpc) is 3.75. The molecule has 1 saturated carbocycles. The first kappa shape index (κ1) is 24.1. The van der Waals surface area contributed by atoms with E-state index in [2.05, 4.69) is 22.4 Å². The van der Waals surface area contributed by atoms with E-state index in [0.29, 0.717) is 41.7 Å². The number of likely N-dealkylation sites (tertiary alicyclic amines) is 1. The largest absolute Gasteiger partial charge is 0.382 e. The second-order valence-electron chi connectivity index (χ2n) is 10.0. The van der Waals surface area contributed by atoms with Crippen LogP contribution in [0, 0.1) is 11.8 Å². The van der Waals surface area contributed by atoms with E-state index in [0.717, 1.165) is 70.5 Å². The van der Waals surface area contributed by atoms with E-state index in [1.807, 2.05) is 29.2 Å². The highest BCUT2D eigenvalue weighted by atomic mass is 35.5. The molecular weight excluding hydrogens is 466 g/mol. The highest BCUT2D eigenvalue weighted by molar-refractivity contribution is 6.32. The number of anilines is 2. The van der Waals surface area contributed by atoms with Crippen molar-refractivity contribution in [2.24, 2.45) is 11.8 Å². The summed E-state index contributed by atoms with van der Waals surface area (Å²) >= 11 is 6.40. The predicted octanol–water partition coefficient (Wildman–Crippen LogP) is 3.56. The van der Waals surface area contributed by atoms with Crippen LogP contribution in [0.4, 0.5) is 11.4 Å². The minimum atomic E-state index is -0.342. The Hall–Kier alpha value is -2.58. The fourth-order valence-electron chi connectivity index (χ4n) is 5.06. The maximum atomic E-state index is 12.9. The van der Waals surface area contributed by atoms with Gasteiger partial charge >= 0.3 is 0 Å². The number of hydrogen-bond acceptors (Lipinski definition) is 6. The van der Waals surface area contributed by atoms with Gasteiger partial charge in [-0.25, -0.2) is 0 Å². The summed E-state index contributed by atoms with van der Waals surface area (Å²) < 4.78 is 6.85. The lowest BCUT2D eigenvalue weighted by Crippen LogP contribution is -2.46. The Balaban J connectivity index is 1.20. The number of amides is 1. The van der Waals surface area contributed by atoms with Crippen LogP contribution in [0.15, 0.2) is 35.3 Å². The third kappa shape index (κ3) is 5.48. The smallest absolute Gasteiger partial charge is 0.292 e. The van der Waals surface area contributed by atoms with Crippen molar-refractivity contribution in [2.45, 2.75) is 44.6 Å². The highest BCUT2D eigenvalue weighted by Crippen LogP contribution is 2.32. The van der Waals surface area contributed by atoms with E-state index in [9.17, 15) is 9.59 Å². The van der Waals surface area contributed by atoms with Crippen molar-refractivity contribution in [1.82, 2.24) is 14.7 Å². The summed E-state index contributed by atoms with van der Waals surface area (Å²) in [5.41, 5.74) is 1.96. The van der Waals surface area contributed by atoms with Crippen molar-refractivity contribution in [3.63, 3.8) is 0 Å². The molecule has 8 nitrogen and oxygen atoms in total. The third-order valence-electron chi connectivity index (χ3n) is 7.51. The minimum absolute atomic E-state index is 0.144. The first-order chi connectivity index (χ1) is 17.0. The molecule has 1 aromatic carbocycles. The number of hydrogen-bond donors (Lipinski definition) is 1. The van der Waals surface area contributed by atoms with Gasteiger partial charge in [-0.15, -0.1) is 0 Å². The second-order valence-corrected chi connectivity index (χ2v) is 10.4. The lowest BCUT2D eigenvalue weighted by atomic mass is 10.0. The van der Waals surface area contributed by atoms with E-state index in [4.69, 9.17) is 16.3 Å². The number of piperidine rings is 1. The lowest BCUT2D eigenvalue weighted by Gasteiger charge is -2.38. The van der Waals surface area contributed by atoms with Gasteiger partial charge in [0, 0.05) is 50.9 Å². The van der Waals surface area contributed by atoms with Crippen LogP contribution >= 0.6 is 11.6 Å². The lowest BCUT2D eigenvalue weighted by molar-refractivity contribution is -0.133. The van der Waals surface area contributed by atoms with Crippen LogP contribution < -0.4 is 15.8 Å². The Morgan fingerprint density at radius 2 is 1.91 bits per heavy atom. The average molecular weight is 500 g/mol. The fraction of sp³-hybridized carbons (Fsp3) is 0.577. The van der Waals surface area contributed by atoms with E-state index < -0.39 is 0 Å². The number of ether oxygens (including phenoxy) is 1. The number of carbonyl (C=O) groups excluding carboxylic acids is 1. The van der Waals surface area contributed by atoms with Gasteiger partial charge in [-0.3, -0.25) is 9.59 Å². The molecule has 1 N–H and O–H groups in total. The molecule has 2 saturated heterocycles. The number of carbonyl (C=O) groups is 1. The maximum Gasteiger partial charge on any atom is 0.292 e. The molecule has 1 aliphatic carbocycles. The Morgan fingerprint density at radius 3 is 2.57 bits per heavy atom. The van der Waals surface area contributed by atoms with Gasteiger partial charge in [0.2, 0.25) is 5.91 Å². The molecule has 188 valence electrons. The molecule has 0 spiro atoms. The molecule has 2 aliphatic heterocycles. The Kier molecular flexibility index (Phi) is 7.29. The molecule has 0 radical (unpaired) electrons. The number of rotatable bonds is 7. The molecule has 5 rings (SSSR count). The van der Waals surface area contributed by atoms with Crippen molar-refractivity contribution in [2.75, 3.05) is 50.1 Å². The number of halogens is 1. The van der Waals surface area contributed by atoms with Crippen molar-refractivity contribution in [3.05, 3.63) is 45.8 Å². The number of benzene rings is 1. The summed E-state index contributed by atoms with van der Waals surface area (Å²) in [6, 6.07) is 8.20. The molecule has 0 unspecified atom stereocenters. The maximum absolute atomic E-state index is 12.9. The summed E-state index contributed by atoms with van der Waals surface area (Å²) in [5, 5.41) is 7.76. The summed E-state index contributed by atoms with van der Waals surface area (Å²) in [6.45, 7) is 3.92.